The third kappa shape index (κ3) is 24.3. The molecule has 0 heterocycles. The zero-order chi connectivity index (χ0) is 14.2. The number of carbonyl (C=O) groups excluding carboxylic acids is 2. The van der Waals surface area contributed by atoms with Crippen LogP contribution in [-0.4, -0.2) is 25.2 Å². The van der Waals surface area contributed by atoms with Crippen LogP contribution in [0.3, 0.4) is 0 Å². The number of rotatable bonds is 8. The molecule has 0 amide bonds. The first-order valence-corrected chi connectivity index (χ1v) is 6.81. The second-order valence-corrected chi connectivity index (χ2v) is 4.09. The van der Waals surface area contributed by atoms with Crippen molar-refractivity contribution < 1.29 is 19.1 Å². The lowest BCUT2D eigenvalue weighted by Gasteiger charge is -1.98. The van der Waals surface area contributed by atoms with Gasteiger partial charge in [0.25, 0.3) is 0 Å². The van der Waals surface area contributed by atoms with Crippen LogP contribution in [-0.2, 0) is 19.1 Å². The Labute approximate surface area is 111 Å². The summed E-state index contributed by atoms with van der Waals surface area (Å²) in [4.78, 5) is 20.4. The van der Waals surface area contributed by atoms with Crippen molar-refractivity contribution in [2.24, 2.45) is 0 Å². The second kappa shape index (κ2) is 15.9. The van der Waals surface area contributed by atoms with E-state index in [-0.39, 0.29) is 11.9 Å². The standard InChI is InChI=1S/2C7H14O2/c2*1-3-4-5-6-9-7(2)8/h2*3-6H2,1-2H3. The fourth-order valence-corrected chi connectivity index (χ4v) is 1.14. The quantitative estimate of drug-likeness (QED) is 0.495. The van der Waals surface area contributed by atoms with Crippen LogP contribution in [0, 0.1) is 0 Å². The highest BCUT2D eigenvalue weighted by Gasteiger charge is 1.90. The molecule has 0 atom stereocenters. The van der Waals surface area contributed by atoms with E-state index in [1.54, 1.807) is 0 Å². The molecule has 0 aromatic carbocycles. The van der Waals surface area contributed by atoms with Gasteiger partial charge >= 0.3 is 11.9 Å². The van der Waals surface area contributed by atoms with Crippen LogP contribution in [0.15, 0.2) is 0 Å². The summed E-state index contributed by atoms with van der Waals surface area (Å²) < 4.78 is 9.41. The van der Waals surface area contributed by atoms with Crippen LogP contribution in [0.2, 0.25) is 0 Å². The monoisotopic (exact) mass is 260 g/mol. The number of unbranched alkanes of at least 4 members (excludes halogenated alkanes) is 4. The summed E-state index contributed by atoms with van der Waals surface area (Å²) in [6, 6.07) is 0. The van der Waals surface area contributed by atoms with Gasteiger partial charge in [-0.05, 0) is 12.8 Å². The minimum absolute atomic E-state index is 0.175. The van der Waals surface area contributed by atoms with E-state index in [1.165, 1.54) is 26.7 Å². The minimum Gasteiger partial charge on any atom is -0.466 e. The molecule has 0 rings (SSSR count). The largest absolute Gasteiger partial charge is 0.466 e. The lowest BCUT2D eigenvalue weighted by molar-refractivity contribution is -0.142. The van der Waals surface area contributed by atoms with Gasteiger partial charge in [-0.2, -0.15) is 0 Å². The van der Waals surface area contributed by atoms with Gasteiger partial charge in [-0.25, -0.2) is 0 Å². The summed E-state index contributed by atoms with van der Waals surface area (Å²) in [6.45, 7) is 8.28. The molecular weight excluding hydrogens is 232 g/mol. The van der Waals surface area contributed by atoms with E-state index in [0.717, 1.165) is 25.7 Å². The molecule has 108 valence electrons. The van der Waals surface area contributed by atoms with Crippen molar-refractivity contribution in [1.82, 2.24) is 0 Å². The molecule has 18 heavy (non-hydrogen) atoms. The van der Waals surface area contributed by atoms with E-state index < -0.39 is 0 Å². The maximum Gasteiger partial charge on any atom is 0.302 e. The van der Waals surface area contributed by atoms with Gasteiger partial charge in [0.15, 0.2) is 0 Å². The Morgan fingerprint density at radius 2 is 1.06 bits per heavy atom. The SMILES string of the molecule is CCCCCOC(C)=O.CCCCCOC(C)=O. The van der Waals surface area contributed by atoms with Crippen LogP contribution in [0.5, 0.6) is 0 Å². The molecule has 4 nitrogen and oxygen atoms in total. The number of hydrogen-bond acceptors (Lipinski definition) is 4. The summed E-state index contributed by atoms with van der Waals surface area (Å²) in [5.74, 6) is -0.350. The first-order valence-electron chi connectivity index (χ1n) is 6.81. The predicted molar refractivity (Wildman–Crippen MR) is 72.3 cm³/mol. The van der Waals surface area contributed by atoms with Crippen molar-refractivity contribution >= 4 is 11.9 Å². The smallest absolute Gasteiger partial charge is 0.302 e. The molecule has 0 saturated carbocycles. The Hall–Kier alpha value is -1.06. The lowest BCUT2D eigenvalue weighted by atomic mass is 10.3. The maximum atomic E-state index is 10.2. The number of esters is 2. The predicted octanol–water partition coefficient (Wildman–Crippen LogP) is 3.48. The third-order valence-electron chi connectivity index (χ3n) is 2.11. The highest BCUT2D eigenvalue weighted by molar-refractivity contribution is 5.66. The maximum absolute atomic E-state index is 10.2. The minimum atomic E-state index is -0.175. The molecule has 0 aromatic rings. The van der Waals surface area contributed by atoms with E-state index in [1.807, 2.05) is 0 Å². The summed E-state index contributed by atoms with van der Waals surface area (Å²) in [7, 11) is 0. The molecule has 0 unspecified atom stereocenters. The average Bonchev–Trinajstić information content (AvgIpc) is 2.31. The molecule has 0 fully saturated rings. The molecular formula is C14H28O4. The van der Waals surface area contributed by atoms with E-state index in [4.69, 9.17) is 9.47 Å². The number of hydrogen-bond donors (Lipinski definition) is 0. The first kappa shape index (κ1) is 19.3. The van der Waals surface area contributed by atoms with Gasteiger partial charge in [0, 0.05) is 13.8 Å². The van der Waals surface area contributed by atoms with E-state index >= 15 is 0 Å². The third-order valence-corrected chi connectivity index (χ3v) is 2.11. The van der Waals surface area contributed by atoms with Crippen molar-refractivity contribution in [2.75, 3.05) is 13.2 Å². The van der Waals surface area contributed by atoms with Gasteiger partial charge in [-0.15, -0.1) is 0 Å². The summed E-state index contributed by atoms with van der Waals surface area (Å²) >= 11 is 0. The van der Waals surface area contributed by atoms with Gasteiger partial charge in [0.2, 0.25) is 0 Å². The molecule has 0 aliphatic heterocycles. The van der Waals surface area contributed by atoms with Gasteiger partial charge in [-0.3, -0.25) is 9.59 Å². The highest BCUT2D eigenvalue weighted by Crippen LogP contribution is 1.94. The first-order chi connectivity index (χ1) is 8.54. The van der Waals surface area contributed by atoms with E-state index in [2.05, 4.69) is 13.8 Å². The Kier molecular flexibility index (Phi) is 17.1. The Balaban J connectivity index is 0. The van der Waals surface area contributed by atoms with Gasteiger partial charge in [0.05, 0.1) is 13.2 Å². The van der Waals surface area contributed by atoms with Crippen LogP contribution in [0.4, 0.5) is 0 Å². The zero-order valence-electron chi connectivity index (χ0n) is 12.3. The summed E-state index contributed by atoms with van der Waals surface area (Å²) in [6.07, 6.45) is 6.62. The van der Waals surface area contributed by atoms with Crippen LogP contribution in [0.1, 0.15) is 66.2 Å². The lowest BCUT2D eigenvalue weighted by Crippen LogP contribution is -1.99. The fraction of sp³-hybridized carbons (Fsp3) is 0.857. The van der Waals surface area contributed by atoms with E-state index in [9.17, 15) is 9.59 Å². The molecule has 0 saturated heterocycles. The van der Waals surface area contributed by atoms with E-state index in [0.29, 0.717) is 13.2 Å². The number of carbonyl (C=O) groups is 2. The Morgan fingerprint density at radius 1 is 0.722 bits per heavy atom. The topological polar surface area (TPSA) is 52.6 Å². The van der Waals surface area contributed by atoms with Gasteiger partial charge in [-0.1, -0.05) is 39.5 Å². The Morgan fingerprint density at radius 3 is 1.28 bits per heavy atom. The van der Waals surface area contributed by atoms with Crippen molar-refractivity contribution in [3.05, 3.63) is 0 Å². The second-order valence-electron chi connectivity index (χ2n) is 4.09. The fourth-order valence-electron chi connectivity index (χ4n) is 1.14. The summed E-state index contributed by atoms with van der Waals surface area (Å²) in [5, 5.41) is 0. The molecule has 0 radical (unpaired) electrons. The number of ether oxygens (including phenoxy) is 2. The molecule has 0 spiro atoms. The van der Waals surface area contributed by atoms with Crippen molar-refractivity contribution in [3.8, 4) is 0 Å². The van der Waals surface area contributed by atoms with Crippen molar-refractivity contribution in [3.63, 3.8) is 0 Å². The molecule has 0 bridgehead atoms. The zero-order valence-corrected chi connectivity index (χ0v) is 12.3. The molecule has 0 aliphatic rings. The van der Waals surface area contributed by atoms with Crippen LogP contribution >= 0.6 is 0 Å². The molecule has 0 aliphatic carbocycles. The molecule has 0 aromatic heterocycles. The van der Waals surface area contributed by atoms with Gasteiger partial charge < -0.3 is 9.47 Å². The van der Waals surface area contributed by atoms with Crippen molar-refractivity contribution in [1.29, 1.82) is 0 Å². The van der Waals surface area contributed by atoms with Crippen molar-refractivity contribution in [2.45, 2.75) is 66.2 Å². The normalized spacial score (nSPS) is 9.11. The highest BCUT2D eigenvalue weighted by atomic mass is 16.5. The van der Waals surface area contributed by atoms with Gasteiger partial charge in [0.1, 0.15) is 0 Å². The van der Waals surface area contributed by atoms with Crippen LogP contribution in [0.25, 0.3) is 0 Å². The molecule has 4 heteroatoms. The average molecular weight is 260 g/mol. The molecule has 0 N–H and O–H groups in total. The van der Waals surface area contributed by atoms with Crippen LogP contribution < -0.4 is 0 Å². The Bertz CT molecular complexity index is 180. The summed E-state index contributed by atoms with van der Waals surface area (Å²) in [5.41, 5.74) is 0.